The summed E-state index contributed by atoms with van der Waals surface area (Å²) < 4.78 is 1.41. The van der Waals surface area contributed by atoms with Crippen molar-refractivity contribution in [1.29, 1.82) is 0 Å². The molecule has 0 spiro atoms. The van der Waals surface area contributed by atoms with Gasteiger partial charge < -0.3 is 5.32 Å². The van der Waals surface area contributed by atoms with Crippen LogP contribution < -0.4 is 5.32 Å². The topological polar surface area (TPSA) is 12.0 Å². The van der Waals surface area contributed by atoms with Crippen LogP contribution in [-0.2, 0) is 6.42 Å². The van der Waals surface area contributed by atoms with Crippen LogP contribution in [0.15, 0.2) is 29.6 Å². The van der Waals surface area contributed by atoms with Crippen molar-refractivity contribution in [1.82, 2.24) is 5.32 Å². The average molecular weight is 294 g/mol. The van der Waals surface area contributed by atoms with E-state index < -0.39 is 0 Å². The second-order valence-electron chi connectivity index (χ2n) is 4.79. The molecule has 1 unspecified atom stereocenters. The maximum atomic E-state index is 3.63. The number of hydrogen-bond donors (Lipinski definition) is 1. The van der Waals surface area contributed by atoms with E-state index in [9.17, 15) is 0 Å². The van der Waals surface area contributed by atoms with Gasteiger partial charge >= 0.3 is 0 Å². The highest BCUT2D eigenvalue weighted by Gasteiger charge is 2.11. The zero-order chi connectivity index (χ0) is 13.5. The number of hydrogen-bond acceptors (Lipinski definition) is 3. The molecule has 0 saturated heterocycles. The predicted octanol–water partition coefficient (Wildman–Crippen LogP) is 4.57. The van der Waals surface area contributed by atoms with Crippen molar-refractivity contribution in [3.8, 4) is 0 Å². The number of rotatable bonds is 8. The highest BCUT2D eigenvalue weighted by Crippen LogP contribution is 2.27. The normalized spacial score (nSPS) is 12.9. The molecule has 1 nitrogen and oxygen atoms in total. The summed E-state index contributed by atoms with van der Waals surface area (Å²) in [5.74, 6) is 2.48. The first-order chi connectivity index (χ1) is 9.35. The van der Waals surface area contributed by atoms with Gasteiger partial charge in [-0.15, -0.1) is 11.3 Å². The fourth-order valence-corrected chi connectivity index (χ4v) is 4.26. The van der Waals surface area contributed by atoms with Gasteiger partial charge in [0.2, 0.25) is 0 Å². The van der Waals surface area contributed by atoms with Gasteiger partial charge in [0.05, 0.1) is 0 Å². The summed E-state index contributed by atoms with van der Waals surface area (Å²) in [5, 5.41) is 7.40. The van der Waals surface area contributed by atoms with Gasteiger partial charge in [-0.25, -0.2) is 0 Å². The molecule has 0 radical (unpaired) electrons. The third-order valence-corrected chi connectivity index (χ3v) is 5.54. The van der Waals surface area contributed by atoms with E-state index in [1.807, 2.05) is 11.3 Å². The zero-order valence-corrected chi connectivity index (χ0v) is 13.4. The van der Waals surface area contributed by atoms with E-state index in [-0.39, 0.29) is 0 Å². The minimum atomic E-state index is 0.597. The van der Waals surface area contributed by atoms with Crippen molar-refractivity contribution in [2.75, 3.05) is 18.1 Å². The Morgan fingerprint density at radius 2 is 2.11 bits per heavy atom. The molecule has 104 valence electrons. The minimum Gasteiger partial charge on any atom is -0.313 e. The highest BCUT2D eigenvalue weighted by atomic mass is 32.2. The van der Waals surface area contributed by atoms with Gasteiger partial charge in [0.25, 0.3) is 0 Å². The third kappa shape index (κ3) is 4.23. The van der Waals surface area contributed by atoms with Gasteiger partial charge in [0.15, 0.2) is 0 Å². The summed E-state index contributed by atoms with van der Waals surface area (Å²) in [4.78, 5) is 0. The molecule has 0 aliphatic carbocycles. The third-order valence-electron chi connectivity index (χ3n) is 3.19. The van der Waals surface area contributed by atoms with Crippen LogP contribution in [0, 0.1) is 0 Å². The highest BCUT2D eigenvalue weighted by molar-refractivity contribution is 7.99. The summed E-state index contributed by atoms with van der Waals surface area (Å²) in [6.07, 6.45) is 2.42. The van der Waals surface area contributed by atoms with Crippen molar-refractivity contribution in [3.05, 3.63) is 35.2 Å². The van der Waals surface area contributed by atoms with Gasteiger partial charge in [-0.3, -0.25) is 0 Å². The number of fused-ring (bicyclic) bond motifs is 1. The average Bonchev–Trinajstić information content (AvgIpc) is 2.83. The van der Waals surface area contributed by atoms with Crippen molar-refractivity contribution in [2.45, 2.75) is 32.7 Å². The summed E-state index contributed by atoms with van der Waals surface area (Å²) in [6.45, 7) is 5.50. The number of benzene rings is 1. The van der Waals surface area contributed by atoms with Crippen molar-refractivity contribution < 1.29 is 0 Å². The van der Waals surface area contributed by atoms with Crippen LogP contribution in [0.5, 0.6) is 0 Å². The quantitative estimate of drug-likeness (QED) is 0.716. The number of thiophene rings is 1. The Kier molecular flexibility index (Phi) is 6.21. The van der Waals surface area contributed by atoms with Crippen LogP contribution in [-0.4, -0.2) is 24.1 Å². The Morgan fingerprint density at radius 3 is 2.89 bits per heavy atom. The molecule has 2 rings (SSSR count). The summed E-state index contributed by atoms with van der Waals surface area (Å²) in [6, 6.07) is 9.34. The first-order valence-electron chi connectivity index (χ1n) is 7.11. The van der Waals surface area contributed by atoms with Crippen molar-refractivity contribution in [2.24, 2.45) is 0 Å². The molecule has 0 aliphatic rings. The van der Waals surface area contributed by atoms with Gasteiger partial charge in [-0.1, -0.05) is 32.0 Å². The second kappa shape index (κ2) is 7.93. The van der Waals surface area contributed by atoms with Gasteiger partial charge in [0.1, 0.15) is 0 Å². The molecule has 1 aromatic heterocycles. The fraction of sp³-hybridized carbons (Fsp3) is 0.500. The first-order valence-corrected chi connectivity index (χ1v) is 9.14. The number of likely N-dealkylation sites (N-methyl/N-ethyl adjacent to an activating group) is 1. The van der Waals surface area contributed by atoms with E-state index in [1.54, 1.807) is 0 Å². The Morgan fingerprint density at radius 1 is 1.26 bits per heavy atom. The summed E-state index contributed by atoms with van der Waals surface area (Å²) in [5.41, 5.74) is 1.50. The Hall–Kier alpha value is -0.510. The molecule has 0 aliphatic heterocycles. The van der Waals surface area contributed by atoms with E-state index >= 15 is 0 Å². The monoisotopic (exact) mass is 293 g/mol. The molecule has 1 N–H and O–H groups in total. The molecule has 1 aromatic carbocycles. The van der Waals surface area contributed by atoms with Gasteiger partial charge in [-0.05, 0) is 47.5 Å². The van der Waals surface area contributed by atoms with E-state index in [0.717, 1.165) is 13.0 Å². The van der Waals surface area contributed by atoms with Crippen LogP contribution >= 0.6 is 23.1 Å². The number of nitrogens with one attached hydrogen (secondary N) is 1. The standard InChI is InChI=1S/C16H23NS2/c1-3-9-18-12-14(17-4-2)10-13-11-19-16-8-6-5-7-15(13)16/h5-8,11,14,17H,3-4,9-10,12H2,1-2H3. The Balaban J connectivity index is 2.03. The molecule has 1 heterocycles. The molecular formula is C16H23NS2. The fourth-order valence-electron chi connectivity index (χ4n) is 2.30. The minimum absolute atomic E-state index is 0.597. The van der Waals surface area contributed by atoms with Crippen LogP contribution in [0.1, 0.15) is 25.8 Å². The van der Waals surface area contributed by atoms with Crippen LogP contribution in [0.25, 0.3) is 10.1 Å². The molecule has 0 bridgehead atoms. The summed E-state index contributed by atoms with van der Waals surface area (Å²) >= 11 is 3.94. The van der Waals surface area contributed by atoms with E-state index in [4.69, 9.17) is 0 Å². The van der Waals surface area contributed by atoms with Crippen LogP contribution in [0.4, 0.5) is 0 Å². The SMILES string of the molecule is CCCSCC(Cc1csc2ccccc12)NCC. The molecule has 1 atom stereocenters. The molecule has 3 heteroatoms. The van der Waals surface area contributed by atoms with E-state index in [0.29, 0.717) is 6.04 Å². The molecule has 0 fully saturated rings. The Bertz CT molecular complexity index is 492. The lowest BCUT2D eigenvalue weighted by Gasteiger charge is -2.17. The summed E-state index contributed by atoms with van der Waals surface area (Å²) in [7, 11) is 0. The molecule has 0 amide bonds. The lowest BCUT2D eigenvalue weighted by atomic mass is 10.1. The van der Waals surface area contributed by atoms with E-state index in [1.165, 1.54) is 33.6 Å². The predicted molar refractivity (Wildman–Crippen MR) is 90.6 cm³/mol. The maximum Gasteiger partial charge on any atom is 0.0345 e. The van der Waals surface area contributed by atoms with Gasteiger partial charge in [-0.2, -0.15) is 11.8 Å². The van der Waals surface area contributed by atoms with E-state index in [2.05, 4.69) is 60.6 Å². The molecule has 0 saturated carbocycles. The van der Waals surface area contributed by atoms with Crippen molar-refractivity contribution >= 4 is 33.2 Å². The lowest BCUT2D eigenvalue weighted by molar-refractivity contribution is 0.574. The second-order valence-corrected chi connectivity index (χ2v) is 6.85. The molecule has 2 aromatic rings. The largest absolute Gasteiger partial charge is 0.313 e. The van der Waals surface area contributed by atoms with Gasteiger partial charge in [0, 0.05) is 16.5 Å². The zero-order valence-electron chi connectivity index (χ0n) is 11.8. The smallest absolute Gasteiger partial charge is 0.0345 e. The molecule has 19 heavy (non-hydrogen) atoms. The maximum absolute atomic E-state index is 3.63. The lowest BCUT2D eigenvalue weighted by Crippen LogP contribution is -2.33. The van der Waals surface area contributed by atoms with Crippen LogP contribution in [0.3, 0.4) is 0 Å². The number of thioether (sulfide) groups is 1. The first kappa shape index (κ1) is 14.9. The Labute approximate surface area is 124 Å². The van der Waals surface area contributed by atoms with Crippen molar-refractivity contribution in [3.63, 3.8) is 0 Å². The van der Waals surface area contributed by atoms with Crippen LogP contribution in [0.2, 0.25) is 0 Å². The molecular weight excluding hydrogens is 270 g/mol.